The van der Waals surface area contributed by atoms with Crippen LogP contribution in [0.1, 0.15) is 31.3 Å². The first-order valence-electron chi connectivity index (χ1n) is 8.95. The van der Waals surface area contributed by atoms with Crippen molar-refractivity contribution in [3.8, 4) is 5.69 Å². The van der Waals surface area contributed by atoms with Gasteiger partial charge in [-0.3, -0.25) is 4.79 Å². The Balaban J connectivity index is 1.66. The van der Waals surface area contributed by atoms with Crippen molar-refractivity contribution in [2.75, 3.05) is 5.32 Å². The number of anilines is 1. The standard InChI is InChI=1S/C21H14F3N3O3S/c1-11-16-10-17(18(28)25-14-7-5-12(6-8-14)20(29)30)31-19(16)27(26-11)15-4-2-3-13(9-15)21(22,23)24/h2-10H,1H3,(H,25,28)(H,29,30). The lowest BCUT2D eigenvalue weighted by Gasteiger charge is -2.09. The van der Waals surface area contributed by atoms with Crippen LogP contribution in [-0.2, 0) is 6.18 Å². The maximum absolute atomic E-state index is 13.1. The number of alkyl halides is 3. The summed E-state index contributed by atoms with van der Waals surface area (Å²) >= 11 is 1.10. The lowest BCUT2D eigenvalue weighted by atomic mass is 10.2. The van der Waals surface area contributed by atoms with Crippen LogP contribution in [0.15, 0.2) is 54.6 Å². The number of carboxylic acid groups (broad SMARTS) is 1. The molecule has 2 N–H and O–H groups in total. The smallest absolute Gasteiger partial charge is 0.416 e. The Morgan fingerprint density at radius 2 is 1.81 bits per heavy atom. The van der Waals surface area contributed by atoms with Crippen LogP contribution in [0.25, 0.3) is 15.9 Å². The van der Waals surface area contributed by atoms with Crippen molar-refractivity contribution >= 4 is 39.1 Å². The minimum absolute atomic E-state index is 0.0941. The van der Waals surface area contributed by atoms with Gasteiger partial charge in [0.05, 0.1) is 27.4 Å². The second-order valence-corrected chi connectivity index (χ2v) is 7.74. The van der Waals surface area contributed by atoms with Crippen molar-refractivity contribution in [1.82, 2.24) is 9.78 Å². The van der Waals surface area contributed by atoms with E-state index in [1.165, 1.54) is 41.1 Å². The Hall–Kier alpha value is -3.66. The van der Waals surface area contributed by atoms with Gasteiger partial charge in [-0.2, -0.15) is 18.3 Å². The monoisotopic (exact) mass is 445 g/mol. The SMILES string of the molecule is Cc1nn(-c2cccc(C(F)(F)F)c2)c2sc(C(=O)Nc3ccc(C(=O)O)cc3)cc12. The minimum atomic E-state index is -4.48. The van der Waals surface area contributed by atoms with Crippen LogP contribution in [0.3, 0.4) is 0 Å². The van der Waals surface area contributed by atoms with Crippen LogP contribution in [0.5, 0.6) is 0 Å². The number of halogens is 3. The van der Waals surface area contributed by atoms with E-state index in [0.29, 0.717) is 26.5 Å². The van der Waals surface area contributed by atoms with Gasteiger partial charge in [0.1, 0.15) is 4.83 Å². The summed E-state index contributed by atoms with van der Waals surface area (Å²) in [6.45, 7) is 1.71. The molecule has 0 aliphatic carbocycles. The predicted molar refractivity (Wildman–Crippen MR) is 110 cm³/mol. The maximum atomic E-state index is 13.1. The van der Waals surface area contributed by atoms with Crippen molar-refractivity contribution in [1.29, 1.82) is 0 Å². The van der Waals surface area contributed by atoms with Crippen LogP contribution < -0.4 is 5.32 Å². The molecule has 0 bridgehead atoms. The number of amides is 1. The number of rotatable bonds is 4. The number of carbonyl (C=O) groups is 2. The van der Waals surface area contributed by atoms with Crippen molar-refractivity contribution in [3.05, 3.63) is 76.3 Å². The van der Waals surface area contributed by atoms with Crippen molar-refractivity contribution in [3.63, 3.8) is 0 Å². The fourth-order valence-electron chi connectivity index (χ4n) is 3.04. The number of aromatic carboxylic acids is 1. The van der Waals surface area contributed by atoms with Crippen molar-refractivity contribution < 1.29 is 27.9 Å². The van der Waals surface area contributed by atoms with Crippen LogP contribution in [0.4, 0.5) is 18.9 Å². The highest BCUT2D eigenvalue weighted by Gasteiger charge is 2.31. The molecule has 0 aliphatic rings. The maximum Gasteiger partial charge on any atom is 0.416 e. The molecule has 0 aliphatic heterocycles. The molecule has 1 amide bonds. The third-order valence-electron chi connectivity index (χ3n) is 4.58. The molecule has 2 aromatic heterocycles. The topological polar surface area (TPSA) is 84.2 Å². The van der Waals surface area contributed by atoms with Gasteiger partial charge in [-0.15, -0.1) is 11.3 Å². The summed E-state index contributed by atoms with van der Waals surface area (Å²) < 4.78 is 40.6. The zero-order valence-corrected chi connectivity index (χ0v) is 16.7. The van der Waals surface area contributed by atoms with Crippen molar-refractivity contribution in [2.45, 2.75) is 13.1 Å². The van der Waals surface area contributed by atoms with Gasteiger partial charge in [-0.1, -0.05) is 6.07 Å². The number of nitrogens with one attached hydrogen (secondary N) is 1. The Kier molecular flexibility index (Phi) is 5.02. The number of thiophene rings is 1. The molecule has 0 spiro atoms. The summed E-state index contributed by atoms with van der Waals surface area (Å²) in [7, 11) is 0. The van der Waals surface area contributed by atoms with Gasteiger partial charge in [-0.25, -0.2) is 9.48 Å². The summed E-state index contributed by atoms with van der Waals surface area (Å²) in [6.07, 6.45) is -4.48. The van der Waals surface area contributed by atoms with E-state index in [0.717, 1.165) is 23.5 Å². The Morgan fingerprint density at radius 1 is 1.10 bits per heavy atom. The molecule has 0 saturated carbocycles. The number of benzene rings is 2. The summed E-state index contributed by atoms with van der Waals surface area (Å²) in [5, 5.41) is 16.6. The first kappa shape index (κ1) is 20.6. The zero-order chi connectivity index (χ0) is 22.3. The van der Waals surface area contributed by atoms with Gasteiger partial charge >= 0.3 is 12.1 Å². The van der Waals surface area contributed by atoms with Gasteiger partial charge in [0, 0.05) is 11.1 Å². The molecule has 0 atom stereocenters. The fraction of sp³-hybridized carbons (Fsp3) is 0.0952. The van der Waals surface area contributed by atoms with E-state index >= 15 is 0 Å². The lowest BCUT2D eigenvalue weighted by molar-refractivity contribution is -0.137. The van der Waals surface area contributed by atoms with Crippen LogP contribution >= 0.6 is 11.3 Å². The molecule has 6 nitrogen and oxygen atoms in total. The molecule has 31 heavy (non-hydrogen) atoms. The van der Waals surface area contributed by atoms with E-state index in [1.54, 1.807) is 13.0 Å². The fourth-order valence-corrected chi connectivity index (χ4v) is 4.12. The average Bonchev–Trinajstić information content (AvgIpc) is 3.29. The number of aryl methyl sites for hydroxylation is 1. The minimum Gasteiger partial charge on any atom is -0.478 e. The molecule has 2 heterocycles. The van der Waals surface area contributed by atoms with E-state index in [2.05, 4.69) is 10.4 Å². The highest BCUT2D eigenvalue weighted by Crippen LogP contribution is 2.34. The molecule has 0 fully saturated rings. The number of nitrogens with zero attached hydrogens (tertiary/aromatic N) is 2. The Labute approximate surface area is 177 Å². The molecular weight excluding hydrogens is 431 g/mol. The van der Waals surface area contributed by atoms with E-state index in [1.807, 2.05) is 0 Å². The first-order valence-corrected chi connectivity index (χ1v) is 9.76. The molecule has 4 aromatic rings. The quantitative estimate of drug-likeness (QED) is 0.443. The van der Waals surface area contributed by atoms with Gasteiger partial charge in [0.2, 0.25) is 0 Å². The molecule has 0 radical (unpaired) electrons. The van der Waals surface area contributed by atoms with Crippen LogP contribution in [0, 0.1) is 6.92 Å². The van der Waals surface area contributed by atoms with Crippen LogP contribution in [-0.4, -0.2) is 26.8 Å². The average molecular weight is 445 g/mol. The van der Waals surface area contributed by atoms with E-state index < -0.39 is 23.6 Å². The third kappa shape index (κ3) is 4.02. The lowest BCUT2D eigenvalue weighted by Crippen LogP contribution is -2.10. The van der Waals surface area contributed by atoms with Crippen molar-refractivity contribution in [2.24, 2.45) is 0 Å². The molecule has 4 rings (SSSR count). The number of hydrogen-bond acceptors (Lipinski definition) is 4. The highest BCUT2D eigenvalue weighted by atomic mass is 32.1. The zero-order valence-electron chi connectivity index (χ0n) is 15.9. The summed E-state index contributed by atoms with van der Waals surface area (Å²) in [6, 6.07) is 12.2. The molecule has 10 heteroatoms. The van der Waals surface area contributed by atoms with Crippen LogP contribution in [0.2, 0.25) is 0 Å². The highest BCUT2D eigenvalue weighted by molar-refractivity contribution is 7.20. The molecular formula is C21H14F3N3O3S. The number of fused-ring (bicyclic) bond motifs is 1. The van der Waals surface area contributed by atoms with Gasteiger partial charge in [-0.05, 0) is 55.5 Å². The number of carboxylic acids is 1. The largest absolute Gasteiger partial charge is 0.478 e. The van der Waals surface area contributed by atoms with E-state index in [9.17, 15) is 22.8 Å². The van der Waals surface area contributed by atoms with Gasteiger partial charge < -0.3 is 10.4 Å². The number of carbonyl (C=O) groups excluding carboxylic acids is 1. The predicted octanol–water partition coefficient (Wildman–Crippen LogP) is 5.36. The Morgan fingerprint density at radius 3 is 2.45 bits per heavy atom. The second-order valence-electron chi connectivity index (χ2n) is 6.71. The Bertz CT molecular complexity index is 1310. The van der Waals surface area contributed by atoms with E-state index in [-0.39, 0.29) is 11.3 Å². The normalized spacial score (nSPS) is 11.6. The second kappa shape index (κ2) is 7.55. The summed E-state index contributed by atoms with van der Waals surface area (Å²) in [5.74, 6) is -1.49. The number of aromatic nitrogens is 2. The molecule has 158 valence electrons. The molecule has 0 saturated heterocycles. The molecule has 2 aromatic carbocycles. The van der Waals surface area contributed by atoms with E-state index in [4.69, 9.17) is 5.11 Å². The first-order chi connectivity index (χ1) is 14.6. The third-order valence-corrected chi connectivity index (χ3v) is 5.69. The summed E-state index contributed by atoms with van der Waals surface area (Å²) in [4.78, 5) is 24.5. The van der Waals surface area contributed by atoms with Gasteiger partial charge in [0.15, 0.2) is 0 Å². The number of hydrogen-bond donors (Lipinski definition) is 2. The van der Waals surface area contributed by atoms with Gasteiger partial charge in [0.25, 0.3) is 5.91 Å². The molecule has 0 unspecified atom stereocenters. The summed E-state index contributed by atoms with van der Waals surface area (Å²) in [5.41, 5.74) is 0.547.